The van der Waals surface area contributed by atoms with Crippen LogP contribution in [0.4, 0.5) is 5.69 Å². The fraction of sp³-hybridized carbons (Fsp3) is 0.364. The van der Waals surface area contributed by atoms with Crippen molar-refractivity contribution in [2.75, 3.05) is 25.5 Å². The molecular weight excluding hydrogens is 224 g/mol. The van der Waals surface area contributed by atoms with Crippen molar-refractivity contribution in [2.24, 2.45) is 0 Å². The van der Waals surface area contributed by atoms with Crippen LogP contribution in [0.1, 0.15) is 16.8 Å². The molecule has 0 atom stereocenters. The number of nitrogens with zero attached hydrogens (tertiary/aromatic N) is 1. The molecule has 0 radical (unpaired) electrons. The van der Waals surface area contributed by atoms with Gasteiger partial charge in [0.1, 0.15) is 0 Å². The molecule has 0 aliphatic carbocycles. The third-order valence-electron chi connectivity index (χ3n) is 2.54. The maximum absolute atomic E-state index is 10.9. The zero-order valence-electron chi connectivity index (χ0n) is 9.06. The number of carboxylic acid groups (broad SMARTS) is 1. The van der Waals surface area contributed by atoms with E-state index in [1.165, 1.54) is 6.42 Å². The summed E-state index contributed by atoms with van der Waals surface area (Å²) in [5.41, 5.74) is 1.31. The molecule has 1 aliphatic heterocycles. The van der Waals surface area contributed by atoms with Crippen molar-refractivity contribution >= 4 is 23.6 Å². The van der Waals surface area contributed by atoms with Crippen LogP contribution in [0, 0.1) is 0 Å². The molecule has 1 aliphatic rings. The Hall–Kier alpha value is -1.20. The number of hydrogen-bond donors (Lipinski definition) is 2. The quantitative estimate of drug-likeness (QED) is 0.787. The largest absolute Gasteiger partial charge is 0.478 e. The Labute approximate surface area is 98.8 Å². The molecule has 1 aromatic carbocycles. The predicted molar refractivity (Wildman–Crippen MR) is 65.0 cm³/mol. The average molecular weight is 238 g/mol. The molecule has 5 heteroatoms. The van der Waals surface area contributed by atoms with Gasteiger partial charge in [0, 0.05) is 30.7 Å². The first-order valence-electron chi connectivity index (χ1n) is 5.18. The van der Waals surface area contributed by atoms with Crippen molar-refractivity contribution in [1.29, 1.82) is 0 Å². The standard InChI is InChI=1S/C11H14N2O2S/c1-12-9-4-3-8(11(14)15)7-10(9)16-13-5-2-6-13/h3-4,7,12H,2,5-6H2,1H3,(H,14,15). The van der Waals surface area contributed by atoms with Crippen LogP contribution in [0.25, 0.3) is 0 Å². The summed E-state index contributed by atoms with van der Waals surface area (Å²) >= 11 is 1.62. The summed E-state index contributed by atoms with van der Waals surface area (Å²) in [6, 6.07) is 5.15. The Morgan fingerprint density at radius 2 is 2.25 bits per heavy atom. The second-order valence-electron chi connectivity index (χ2n) is 3.64. The fourth-order valence-electron chi connectivity index (χ4n) is 1.46. The van der Waals surface area contributed by atoms with Gasteiger partial charge in [0.2, 0.25) is 0 Å². The molecule has 2 rings (SSSR count). The minimum atomic E-state index is -0.881. The maximum atomic E-state index is 10.9. The van der Waals surface area contributed by atoms with Gasteiger partial charge in [0.05, 0.1) is 5.56 Å². The van der Waals surface area contributed by atoms with Gasteiger partial charge in [-0.3, -0.25) is 0 Å². The number of hydrogen-bond acceptors (Lipinski definition) is 4. The first kappa shape index (κ1) is 11.3. The molecule has 4 nitrogen and oxygen atoms in total. The highest BCUT2D eigenvalue weighted by molar-refractivity contribution is 7.97. The number of carbonyl (C=O) groups is 1. The topological polar surface area (TPSA) is 52.6 Å². The van der Waals surface area contributed by atoms with Crippen molar-refractivity contribution in [3.05, 3.63) is 23.8 Å². The maximum Gasteiger partial charge on any atom is 0.335 e. The number of aromatic carboxylic acids is 1. The van der Waals surface area contributed by atoms with Crippen molar-refractivity contribution in [3.63, 3.8) is 0 Å². The van der Waals surface area contributed by atoms with E-state index >= 15 is 0 Å². The van der Waals surface area contributed by atoms with Gasteiger partial charge in [0.25, 0.3) is 0 Å². The first-order chi connectivity index (χ1) is 7.70. The van der Waals surface area contributed by atoms with E-state index in [1.807, 2.05) is 13.1 Å². The molecule has 1 saturated heterocycles. The van der Waals surface area contributed by atoms with E-state index in [-0.39, 0.29) is 0 Å². The second kappa shape index (κ2) is 4.76. The highest BCUT2D eigenvalue weighted by atomic mass is 32.2. The highest BCUT2D eigenvalue weighted by Gasteiger charge is 2.17. The Morgan fingerprint density at radius 3 is 2.75 bits per heavy atom. The molecule has 2 N–H and O–H groups in total. The Balaban J connectivity index is 2.23. The molecule has 16 heavy (non-hydrogen) atoms. The van der Waals surface area contributed by atoms with E-state index in [0.29, 0.717) is 5.56 Å². The van der Waals surface area contributed by atoms with E-state index in [9.17, 15) is 4.79 Å². The Morgan fingerprint density at radius 1 is 1.50 bits per heavy atom. The van der Waals surface area contributed by atoms with Gasteiger partial charge in [0.15, 0.2) is 0 Å². The lowest BCUT2D eigenvalue weighted by molar-refractivity contribution is 0.0696. The average Bonchev–Trinajstić information content (AvgIpc) is 2.23. The zero-order valence-corrected chi connectivity index (χ0v) is 9.88. The smallest absolute Gasteiger partial charge is 0.335 e. The Bertz CT molecular complexity index is 405. The monoisotopic (exact) mass is 238 g/mol. The minimum Gasteiger partial charge on any atom is -0.478 e. The van der Waals surface area contributed by atoms with Crippen LogP contribution in [0.5, 0.6) is 0 Å². The van der Waals surface area contributed by atoms with Crippen LogP contribution in [0.2, 0.25) is 0 Å². The summed E-state index contributed by atoms with van der Waals surface area (Å²) < 4.78 is 2.22. The minimum absolute atomic E-state index is 0.335. The summed E-state index contributed by atoms with van der Waals surface area (Å²) in [6.07, 6.45) is 1.22. The van der Waals surface area contributed by atoms with Crippen LogP contribution < -0.4 is 5.32 Å². The van der Waals surface area contributed by atoms with E-state index in [1.54, 1.807) is 24.1 Å². The number of benzene rings is 1. The normalized spacial score (nSPS) is 15.6. The molecule has 0 spiro atoms. The van der Waals surface area contributed by atoms with Gasteiger partial charge in [-0.2, -0.15) is 0 Å². The van der Waals surface area contributed by atoms with Crippen LogP contribution in [-0.2, 0) is 0 Å². The van der Waals surface area contributed by atoms with E-state index in [2.05, 4.69) is 9.62 Å². The van der Waals surface area contributed by atoms with E-state index in [4.69, 9.17) is 5.11 Å². The zero-order chi connectivity index (χ0) is 11.5. The van der Waals surface area contributed by atoms with E-state index in [0.717, 1.165) is 23.7 Å². The van der Waals surface area contributed by atoms with Gasteiger partial charge in [-0.15, -0.1) is 0 Å². The second-order valence-corrected chi connectivity index (χ2v) is 4.78. The summed E-state index contributed by atoms with van der Waals surface area (Å²) in [5, 5.41) is 12.0. The van der Waals surface area contributed by atoms with Crippen molar-refractivity contribution < 1.29 is 9.90 Å². The molecule has 0 saturated carbocycles. The van der Waals surface area contributed by atoms with Gasteiger partial charge in [-0.05, 0) is 36.6 Å². The van der Waals surface area contributed by atoms with Crippen LogP contribution in [-0.4, -0.2) is 35.5 Å². The molecular formula is C11H14N2O2S. The molecule has 0 bridgehead atoms. The van der Waals surface area contributed by atoms with Crippen LogP contribution >= 0.6 is 11.9 Å². The predicted octanol–water partition coefficient (Wildman–Crippen LogP) is 2.14. The molecule has 0 unspecified atom stereocenters. The number of nitrogens with one attached hydrogen (secondary N) is 1. The van der Waals surface area contributed by atoms with E-state index < -0.39 is 5.97 Å². The lowest BCUT2D eigenvalue weighted by atomic mass is 10.2. The number of rotatable bonds is 4. The molecule has 0 aromatic heterocycles. The van der Waals surface area contributed by atoms with Gasteiger partial charge >= 0.3 is 5.97 Å². The van der Waals surface area contributed by atoms with Crippen LogP contribution in [0.15, 0.2) is 23.1 Å². The van der Waals surface area contributed by atoms with Crippen molar-refractivity contribution in [1.82, 2.24) is 4.31 Å². The van der Waals surface area contributed by atoms with Crippen molar-refractivity contribution in [3.8, 4) is 0 Å². The lowest BCUT2D eigenvalue weighted by Crippen LogP contribution is -2.30. The lowest BCUT2D eigenvalue weighted by Gasteiger charge is -2.29. The molecule has 0 amide bonds. The molecule has 1 heterocycles. The summed E-state index contributed by atoms with van der Waals surface area (Å²) in [7, 11) is 1.84. The fourth-order valence-corrected chi connectivity index (χ4v) is 2.62. The summed E-state index contributed by atoms with van der Waals surface area (Å²) in [6.45, 7) is 2.15. The molecule has 1 aromatic rings. The number of anilines is 1. The highest BCUT2D eigenvalue weighted by Crippen LogP contribution is 2.33. The third-order valence-corrected chi connectivity index (χ3v) is 3.70. The Kier molecular flexibility index (Phi) is 3.36. The van der Waals surface area contributed by atoms with Gasteiger partial charge < -0.3 is 10.4 Å². The number of carboxylic acids is 1. The summed E-state index contributed by atoms with van der Waals surface area (Å²) in [4.78, 5) is 11.9. The molecule has 1 fully saturated rings. The van der Waals surface area contributed by atoms with Crippen molar-refractivity contribution in [2.45, 2.75) is 11.3 Å². The SMILES string of the molecule is CNc1ccc(C(=O)O)cc1SN1CCC1. The molecule has 86 valence electrons. The van der Waals surface area contributed by atoms with Gasteiger partial charge in [-0.25, -0.2) is 9.10 Å². The third kappa shape index (κ3) is 2.31. The first-order valence-corrected chi connectivity index (χ1v) is 5.96. The summed E-state index contributed by atoms with van der Waals surface area (Å²) in [5.74, 6) is -0.881. The van der Waals surface area contributed by atoms with Crippen LogP contribution in [0.3, 0.4) is 0 Å². The van der Waals surface area contributed by atoms with Gasteiger partial charge in [-0.1, -0.05) is 0 Å².